The van der Waals surface area contributed by atoms with Gasteiger partial charge in [-0.15, -0.1) is 11.3 Å². The normalized spacial score (nSPS) is 10.9. The lowest BCUT2D eigenvalue weighted by Gasteiger charge is -2.07. The summed E-state index contributed by atoms with van der Waals surface area (Å²) < 4.78 is 13.0. The zero-order valence-electron chi connectivity index (χ0n) is 12.3. The van der Waals surface area contributed by atoms with Gasteiger partial charge in [-0.25, -0.2) is 9.37 Å². The first-order valence-electron chi connectivity index (χ1n) is 7.16. The number of anilines is 2. The molecule has 0 bridgehead atoms. The molecule has 0 unspecified atom stereocenters. The van der Waals surface area contributed by atoms with E-state index >= 15 is 0 Å². The Labute approximate surface area is 139 Å². The molecule has 0 aliphatic heterocycles. The van der Waals surface area contributed by atoms with Crippen LogP contribution in [-0.2, 0) is 0 Å². The fourth-order valence-electron chi connectivity index (χ4n) is 2.43. The molecule has 3 heterocycles. The van der Waals surface area contributed by atoms with Crippen molar-refractivity contribution in [3.8, 4) is 10.4 Å². The highest BCUT2D eigenvalue weighted by Crippen LogP contribution is 2.28. The number of fused-ring (bicyclic) bond motifs is 1. The van der Waals surface area contributed by atoms with Crippen LogP contribution in [0.5, 0.6) is 0 Å². The van der Waals surface area contributed by atoms with Crippen molar-refractivity contribution in [1.82, 2.24) is 15.0 Å². The highest BCUT2D eigenvalue weighted by Gasteiger charge is 2.12. The summed E-state index contributed by atoms with van der Waals surface area (Å²) in [4.78, 5) is 24.8. The third-order valence-corrected chi connectivity index (χ3v) is 4.40. The maximum atomic E-state index is 13.0. The summed E-state index contributed by atoms with van der Waals surface area (Å²) in [5.41, 5.74) is 1.50. The van der Waals surface area contributed by atoms with Crippen LogP contribution in [0.4, 0.5) is 16.0 Å². The number of hydrogen-bond donors (Lipinski definition) is 2. The van der Waals surface area contributed by atoms with Crippen LogP contribution in [0.15, 0.2) is 58.8 Å². The Kier molecular flexibility index (Phi) is 3.55. The first-order valence-corrected chi connectivity index (χ1v) is 8.04. The van der Waals surface area contributed by atoms with Crippen molar-refractivity contribution in [3.05, 3.63) is 70.2 Å². The minimum atomic E-state index is -0.331. The molecule has 0 saturated carbocycles. The Bertz CT molecular complexity index is 1060. The van der Waals surface area contributed by atoms with E-state index in [0.717, 1.165) is 10.4 Å². The number of nitrogens with one attached hydrogen (secondary N) is 2. The topological polar surface area (TPSA) is 70.7 Å². The van der Waals surface area contributed by atoms with Crippen molar-refractivity contribution in [2.75, 3.05) is 5.32 Å². The summed E-state index contributed by atoms with van der Waals surface area (Å²) in [5, 5.41) is 5.35. The number of aromatic amines is 1. The third-order valence-electron chi connectivity index (χ3n) is 3.50. The molecule has 0 radical (unpaired) electrons. The summed E-state index contributed by atoms with van der Waals surface area (Å²) in [7, 11) is 0. The fraction of sp³-hybridized carbons (Fsp3) is 0. The van der Waals surface area contributed by atoms with Gasteiger partial charge < -0.3 is 5.32 Å². The van der Waals surface area contributed by atoms with Gasteiger partial charge in [0.15, 0.2) is 5.65 Å². The monoisotopic (exact) mass is 338 g/mol. The van der Waals surface area contributed by atoms with E-state index in [1.165, 1.54) is 12.1 Å². The molecule has 0 atom stereocenters. The van der Waals surface area contributed by atoms with Gasteiger partial charge in [-0.1, -0.05) is 6.07 Å². The van der Waals surface area contributed by atoms with Crippen molar-refractivity contribution in [1.29, 1.82) is 0 Å². The average molecular weight is 338 g/mol. The van der Waals surface area contributed by atoms with Crippen molar-refractivity contribution >= 4 is 34.0 Å². The van der Waals surface area contributed by atoms with Crippen molar-refractivity contribution in [3.63, 3.8) is 0 Å². The highest BCUT2D eigenvalue weighted by molar-refractivity contribution is 7.13. The molecule has 0 aliphatic rings. The second-order valence-electron chi connectivity index (χ2n) is 5.08. The molecule has 7 heteroatoms. The number of thiophene rings is 1. The number of rotatable bonds is 3. The van der Waals surface area contributed by atoms with Gasteiger partial charge >= 0.3 is 0 Å². The summed E-state index contributed by atoms with van der Waals surface area (Å²) in [6.45, 7) is 0. The first-order chi connectivity index (χ1) is 11.7. The number of hydrogen-bond acceptors (Lipinski definition) is 5. The second kappa shape index (κ2) is 5.86. The zero-order valence-corrected chi connectivity index (χ0v) is 13.1. The van der Waals surface area contributed by atoms with Gasteiger partial charge in [0.2, 0.25) is 5.95 Å². The molecule has 4 aromatic rings. The first kappa shape index (κ1) is 14.5. The molecule has 0 amide bonds. The summed E-state index contributed by atoms with van der Waals surface area (Å²) in [6, 6.07) is 11.5. The van der Waals surface area contributed by atoms with E-state index in [2.05, 4.69) is 20.3 Å². The van der Waals surface area contributed by atoms with Crippen LogP contribution in [-0.4, -0.2) is 15.0 Å². The lowest BCUT2D eigenvalue weighted by Crippen LogP contribution is -2.12. The van der Waals surface area contributed by atoms with Crippen LogP contribution >= 0.6 is 11.3 Å². The molecule has 24 heavy (non-hydrogen) atoms. The lowest BCUT2D eigenvalue weighted by atomic mass is 10.1. The number of nitrogens with zero attached hydrogens (tertiary/aromatic N) is 2. The van der Waals surface area contributed by atoms with E-state index in [4.69, 9.17) is 0 Å². The smallest absolute Gasteiger partial charge is 0.262 e. The molecule has 2 N–H and O–H groups in total. The van der Waals surface area contributed by atoms with Crippen LogP contribution in [0.3, 0.4) is 0 Å². The van der Waals surface area contributed by atoms with Gasteiger partial charge in [-0.3, -0.25) is 9.78 Å². The Morgan fingerprint density at radius 1 is 1.12 bits per heavy atom. The van der Waals surface area contributed by atoms with E-state index in [9.17, 15) is 9.18 Å². The molecular weight excluding hydrogens is 327 g/mol. The van der Waals surface area contributed by atoms with Gasteiger partial charge in [0.05, 0.1) is 5.39 Å². The molecule has 0 spiro atoms. The fourth-order valence-corrected chi connectivity index (χ4v) is 3.19. The predicted molar refractivity (Wildman–Crippen MR) is 93.2 cm³/mol. The number of aromatic nitrogens is 3. The quantitative estimate of drug-likeness (QED) is 0.594. The molecule has 0 fully saturated rings. The van der Waals surface area contributed by atoms with E-state index in [1.807, 2.05) is 17.5 Å². The molecule has 0 saturated heterocycles. The van der Waals surface area contributed by atoms with Gasteiger partial charge in [0.25, 0.3) is 5.56 Å². The number of pyridine rings is 1. The van der Waals surface area contributed by atoms with E-state index in [-0.39, 0.29) is 17.3 Å². The second-order valence-corrected chi connectivity index (χ2v) is 6.03. The van der Waals surface area contributed by atoms with Crippen LogP contribution in [0, 0.1) is 5.82 Å². The predicted octanol–water partition coefficient (Wildman–Crippen LogP) is 3.93. The number of halogens is 1. The van der Waals surface area contributed by atoms with E-state index < -0.39 is 0 Å². The number of benzene rings is 1. The molecule has 4 rings (SSSR count). The Hall–Kier alpha value is -3.06. The molecule has 3 aromatic heterocycles. The van der Waals surface area contributed by atoms with Crippen LogP contribution in [0.1, 0.15) is 0 Å². The molecule has 1 aromatic carbocycles. The van der Waals surface area contributed by atoms with Crippen LogP contribution < -0.4 is 10.9 Å². The molecule has 0 aliphatic carbocycles. The average Bonchev–Trinajstić information content (AvgIpc) is 3.11. The minimum Gasteiger partial charge on any atom is -0.326 e. The molecule has 118 valence electrons. The standard InChI is InChI=1S/C17H11FN4OS/c18-10-3-5-11(6-4-10)20-17-21-15-14(16(23)22-17)12(7-8-19-15)13-2-1-9-24-13/h1-9H,(H2,19,20,21,22,23). The van der Waals surface area contributed by atoms with E-state index in [1.54, 1.807) is 35.7 Å². The summed E-state index contributed by atoms with van der Waals surface area (Å²) >= 11 is 1.55. The SMILES string of the molecule is O=c1[nH]c(Nc2ccc(F)cc2)nc2nccc(-c3cccs3)c12. The lowest BCUT2D eigenvalue weighted by molar-refractivity contribution is 0.628. The number of H-pyrrole nitrogens is 1. The Morgan fingerprint density at radius 2 is 1.96 bits per heavy atom. The van der Waals surface area contributed by atoms with Gasteiger partial charge in [-0.05, 0) is 41.8 Å². The van der Waals surface area contributed by atoms with Crippen LogP contribution in [0.2, 0.25) is 0 Å². The van der Waals surface area contributed by atoms with Gasteiger partial charge in [-0.2, -0.15) is 4.98 Å². The summed E-state index contributed by atoms with van der Waals surface area (Å²) in [6.07, 6.45) is 1.63. The molecular formula is C17H11FN4OS. The van der Waals surface area contributed by atoms with Crippen LogP contribution in [0.25, 0.3) is 21.5 Å². The van der Waals surface area contributed by atoms with Crippen molar-refractivity contribution in [2.45, 2.75) is 0 Å². The van der Waals surface area contributed by atoms with Gasteiger partial charge in [0, 0.05) is 22.3 Å². The van der Waals surface area contributed by atoms with Gasteiger partial charge in [0.1, 0.15) is 5.82 Å². The third kappa shape index (κ3) is 2.65. The van der Waals surface area contributed by atoms with Crippen molar-refractivity contribution in [2.24, 2.45) is 0 Å². The molecule has 5 nitrogen and oxygen atoms in total. The maximum absolute atomic E-state index is 13.0. The Balaban J connectivity index is 1.81. The van der Waals surface area contributed by atoms with E-state index in [0.29, 0.717) is 16.7 Å². The maximum Gasteiger partial charge on any atom is 0.262 e. The zero-order chi connectivity index (χ0) is 16.5. The highest BCUT2D eigenvalue weighted by atomic mass is 32.1. The minimum absolute atomic E-state index is 0.259. The van der Waals surface area contributed by atoms with Crippen molar-refractivity contribution < 1.29 is 4.39 Å². The Morgan fingerprint density at radius 3 is 2.71 bits per heavy atom. The largest absolute Gasteiger partial charge is 0.326 e. The summed E-state index contributed by atoms with van der Waals surface area (Å²) in [5.74, 6) is -0.0716.